The first-order valence-electron chi connectivity index (χ1n) is 8.56. The van der Waals surface area contributed by atoms with Crippen molar-refractivity contribution < 1.29 is 24.2 Å². The zero-order valence-electron chi connectivity index (χ0n) is 15.2. The largest absolute Gasteiger partial charge is 0.507 e. The number of hydrogen-bond acceptors (Lipinski definition) is 5. The molecule has 0 atom stereocenters. The van der Waals surface area contributed by atoms with Crippen molar-refractivity contribution in [2.24, 2.45) is 0 Å². The molecule has 0 heterocycles. The number of carbonyl (C=O) groups is 2. The fraction of sp³-hybridized carbons (Fsp3) is 0.0909. The van der Waals surface area contributed by atoms with Crippen molar-refractivity contribution in [2.75, 3.05) is 19.0 Å². The molecule has 0 aliphatic rings. The molecular formula is C22H19NO5. The highest BCUT2D eigenvalue weighted by Gasteiger charge is 2.15. The number of phenolic OH excluding ortho intramolecular Hbond substituents is 1. The van der Waals surface area contributed by atoms with Gasteiger partial charge in [0.25, 0.3) is 5.91 Å². The maximum atomic E-state index is 12.0. The smallest absolute Gasteiger partial charge is 0.342 e. The predicted octanol–water partition coefficient (Wildman–Crippen LogP) is 3.86. The van der Waals surface area contributed by atoms with E-state index in [1.54, 1.807) is 12.1 Å². The van der Waals surface area contributed by atoms with Crippen molar-refractivity contribution in [1.82, 2.24) is 0 Å². The molecule has 6 heteroatoms. The lowest BCUT2D eigenvalue weighted by Gasteiger charge is -2.09. The Morgan fingerprint density at radius 1 is 0.929 bits per heavy atom. The van der Waals surface area contributed by atoms with Crippen molar-refractivity contribution in [1.29, 1.82) is 0 Å². The Morgan fingerprint density at radius 2 is 1.61 bits per heavy atom. The highest BCUT2D eigenvalue weighted by atomic mass is 16.5. The van der Waals surface area contributed by atoms with E-state index >= 15 is 0 Å². The maximum Gasteiger partial charge on any atom is 0.342 e. The second kappa shape index (κ2) is 8.73. The Hall–Kier alpha value is -3.80. The van der Waals surface area contributed by atoms with Crippen LogP contribution in [-0.4, -0.2) is 30.7 Å². The minimum atomic E-state index is -0.797. The zero-order chi connectivity index (χ0) is 19.9. The first-order chi connectivity index (χ1) is 13.6. The molecule has 0 saturated heterocycles. The van der Waals surface area contributed by atoms with Crippen LogP contribution in [0.3, 0.4) is 0 Å². The molecule has 0 spiro atoms. The number of methoxy groups -OCH3 is 1. The van der Waals surface area contributed by atoms with Crippen LogP contribution in [0, 0.1) is 0 Å². The maximum absolute atomic E-state index is 12.0. The summed E-state index contributed by atoms with van der Waals surface area (Å²) >= 11 is 0. The van der Waals surface area contributed by atoms with Gasteiger partial charge in [-0.2, -0.15) is 0 Å². The van der Waals surface area contributed by atoms with E-state index in [0.717, 1.165) is 11.1 Å². The molecule has 0 fully saturated rings. The molecule has 28 heavy (non-hydrogen) atoms. The monoisotopic (exact) mass is 377 g/mol. The molecule has 142 valence electrons. The topological polar surface area (TPSA) is 84.9 Å². The summed E-state index contributed by atoms with van der Waals surface area (Å²) in [5.74, 6) is -1.14. The Bertz CT molecular complexity index is 968. The molecule has 1 amide bonds. The molecule has 0 aliphatic carbocycles. The molecule has 3 aromatic carbocycles. The zero-order valence-corrected chi connectivity index (χ0v) is 15.2. The molecule has 0 saturated carbocycles. The molecule has 0 bridgehead atoms. The second-order valence-electron chi connectivity index (χ2n) is 5.95. The number of anilines is 1. The average molecular weight is 377 g/mol. The minimum absolute atomic E-state index is 0.0409. The number of nitrogens with one attached hydrogen (secondary N) is 1. The third-order valence-electron chi connectivity index (χ3n) is 4.03. The van der Waals surface area contributed by atoms with Crippen molar-refractivity contribution in [3.05, 3.63) is 78.4 Å². The van der Waals surface area contributed by atoms with E-state index in [1.165, 1.54) is 25.3 Å². The first kappa shape index (κ1) is 19.0. The standard InChI is InChI=1S/C22H19NO5/c1-27-18-11-12-19(20(24)13-18)22(26)28-14-21(25)23-17-9-7-16(8-10-17)15-5-3-2-4-6-15/h2-13,24H,14H2,1H3,(H,23,25). The predicted molar refractivity (Wildman–Crippen MR) is 105 cm³/mol. The van der Waals surface area contributed by atoms with Gasteiger partial charge in [0.2, 0.25) is 0 Å². The van der Waals surface area contributed by atoms with Gasteiger partial charge in [-0.15, -0.1) is 0 Å². The van der Waals surface area contributed by atoms with Crippen LogP contribution in [0.25, 0.3) is 11.1 Å². The van der Waals surface area contributed by atoms with Crippen LogP contribution < -0.4 is 10.1 Å². The Morgan fingerprint density at radius 3 is 2.25 bits per heavy atom. The summed E-state index contributed by atoms with van der Waals surface area (Å²) in [6.45, 7) is -0.468. The highest BCUT2D eigenvalue weighted by Crippen LogP contribution is 2.24. The fourth-order valence-corrected chi connectivity index (χ4v) is 2.59. The number of hydrogen-bond donors (Lipinski definition) is 2. The summed E-state index contributed by atoms with van der Waals surface area (Å²) in [6.07, 6.45) is 0. The average Bonchev–Trinajstić information content (AvgIpc) is 2.73. The molecule has 0 unspecified atom stereocenters. The van der Waals surface area contributed by atoms with Crippen molar-refractivity contribution in [3.63, 3.8) is 0 Å². The molecular weight excluding hydrogens is 358 g/mol. The number of carbonyl (C=O) groups excluding carboxylic acids is 2. The fourth-order valence-electron chi connectivity index (χ4n) is 2.59. The van der Waals surface area contributed by atoms with Gasteiger partial charge in [-0.25, -0.2) is 4.79 Å². The van der Waals surface area contributed by atoms with Crippen LogP contribution in [-0.2, 0) is 9.53 Å². The molecule has 2 N–H and O–H groups in total. The lowest BCUT2D eigenvalue weighted by Crippen LogP contribution is -2.21. The summed E-state index contributed by atoms with van der Waals surface area (Å²) in [5.41, 5.74) is 2.66. The van der Waals surface area contributed by atoms with Crippen LogP contribution in [0.4, 0.5) is 5.69 Å². The molecule has 3 rings (SSSR count). The summed E-state index contributed by atoms with van der Waals surface area (Å²) in [5, 5.41) is 12.5. The Kier molecular flexibility index (Phi) is 5.91. The van der Waals surface area contributed by atoms with E-state index in [9.17, 15) is 14.7 Å². The quantitative estimate of drug-likeness (QED) is 0.637. The van der Waals surface area contributed by atoms with Gasteiger partial charge in [0.1, 0.15) is 17.1 Å². The van der Waals surface area contributed by atoms with Crippen LogP contribution >= 0.6 is 0 Å². The normalized spacial score (nSPS) is 10.2. The van der Waals surface area contributed by atoms with Crippen LogP contribution in [0.2, 0.25) is 0 Å². The molecule has 0 radical (unpaired) electrons. The lowest BCUT2D eigenvalue weighted by molar-refractivity contribution is -0.119. The third kappa shape index (κ3) is 4.67. The van der Waals surface area contributed by atoms with E-state index in [-0.39, 0.29) is 11.3 Å². The van der Waals surface area contributed by atoms with Crippen LogP contribution in [0.1, 0.15) is 10.4 Å². The summed E-state index contributed by atoms with van der Waals surface area (Å²) in [6, 6.07) is 21.4. The summed E-state index contributed by atoms with van der Waals surface area (Å²) in [4.78, 5) is 24.0. The number of phenols is 1. The molecule has 3 aromatic rings. The lowest BCUT2D eigenvalue weighted by atomic mass is 10.1. The first-order valence-corrected chi connectivity index (χ1v) is 8.56. The van der Waals surface area contributed by atoms with Crippen LogP contribution in [0.15, 0.2) is 72.8 Å². The number of esters is 1. The van der Waals surface area contributed by atoms with Gasteiger partial charge in [0.15, 0.2) is 6.61 Å². The highest BCUT2D eigenvalue weighted by molar-refractivity contribution is 5.97. The summed E-state index contributed by atoms with van der Waals surface area (Å²) < 4.78 is 9.91. The molecule has 0 aromatic heterocycles. The Labute approximate surface area is 162 Å². The van der Waals surface area contributed by atoms with Gasteiger partial charge in [-0.05, 0) is 35.4 Å². The van der Waals surface area contributed by atoms with Crippen molar-refractivity contribution >= 4 is 17.6 Å². The second-order valence-corrected chi connectivity index (χ2v) is 5.95. The van der Waals surface area contributed by atoms with Gasteiger partial charge in [-0.1, -0.05) is 42.5 Å². The van der Waals surface area contributed by atoms with E-state index in [4.69, 9.17) is 9.47 Å². The van der Waals surface area contributed by atoms with E-state index in [0.29, 0.717) is 11.4 Å². The van der Waals surface area contributed by atoms with Gasteiger partial charge < -0.3 is 19.9 Å². The number of aromatic hydroxyl groups is 1. The van der Waals surface area contributed by atoms with Crippen LogP contribution in [0.5, 0.6) is 11.5 Å². The van der Waals surface area contributed by atoms with Gasteiger partial charge in [0, 0.05) is 11.8 Å². The van der Waals surface area contributed by atoms with E-state index < -0.39 is 18.5 Å². The minimum Gasteiger partial charge on any atom is -0.507 e. The number of rotatable bonds is 6. The van der Waals surface area contributed by atoms with Crippen molar-refractivity contribution in [3.8, 4) is 22.6 Å². The van der Waals surface area contributed by atoms with E-state index in [2.05, 4.69) is 5.32 Å². The van der Waals surface area contributed by atoms with Gasteiger partial charge in [-0.3, -0.25) is 4.79 Å². The van der Waals surface area contributed by atoms with Crippen molar-refractivity contribution in [2.45, 2.75) is 0 Å². The number of ether oxygens (including phenoxy) is 2. The summed E-state index contributed by atoms with van der Waals surface area (Å²) in [7, 11) is 1.45. The van der Waals surface area contributed by atoms with Gasteiger partial charge >= 0.3 is 5.97 Å². The number of amides is 1. The Balaban J connectivity index is 1.55. The SMILES string of the molecule is COc1ccc(C(=O)OCC(=O)Nc2ccc(-c3ccccc3)cc2)c(O)c1. The molecule has 6 nitrogen and oxygen atoms in total. The van der Waals surface area contributed by atoms with Gasteiger partial charge in [0.05, 0.1) is 7.11 Å². The third-order valence-corrected chi connectivity index (χ3v) is 4.03. The van der Waals surface area contributed by atoms with E-state index in [1.807, 2.05) is 42.5 Å². The molecule has 0 aliphatic heterocycles. The number of benzene rings is 3.